The van der Waals surface area contributed by atoms with E-state index in [1.54, 1.807) is 18.2 Å². The van der Waals surface area contributed by atoms with Crippen LogP contribution < -0.4 is 14.8 Å². The molecule has 0 saturated heterocycles. The molecule has 2 aromatic rings. The molecule has 27 heavy (non-hydrogen) atoms. The molecule has 0 spiro atoms. The van der Waals surface area contributed by atoms with Crippen LogP contribution in [0.25, 0.3) is 0 Å². The van der Waals surface area contributed by atoms with E-state index in [0.29, 0.717) is 0 Å². The predicted octanol–water partition coefficient (Wildman–Crippen LogP) is 3.02. The summed E-state index contributed by atoms with van der Waals surface area (Å²) in [6, 6.07) is 15.4. The average molecular weight is 391 g/mol. The number of benzene rings is 2. The molecule has 2 aromatic carbocycles. The van der Waals surface area contributed by atoms with E-state index in [4.69, 9.17) is 4.74 Å². The van der Waals surface area contributed by atoms with Crippen LogP contribution in [-0.4, -0.2) is 27.0 Å². The van der Waals surface area contributed by atoms with Gasteiger partial charge in [0.1, 0.15) is 5.75 Å². The fraction of sp³-hybridized carbons (Fsp3) is 0.350. The lowest BCUT2D eigenvalue weighted by Crippen LogP contribution is -2.32. The summed E-state index contributed by atoms with van der Waals surface area (Å²) in [5, 5.41) is 2.87. The molecule has 1 unspecified atom stereocenters. The average Bonchev–Trinajstić information content (AvgIpc) is 2.62. The SMILES string of the molecule is CC(C)Oc1ccc(C(C)NC(=O)CCNS(=O)(=O)c2ccccc2)cc1. The first-order valence-electron chi connectivity index (χ1n) is 8.88. The zero-order chi connectivity index (χ0) is 19.9. The van der Waals surface area contributed by atoms with Gasteiger partial charge in [-0.3, -0.25) is 4.79 Å². The van der Waals surface area contributed by atoms with Gasteiger partial charge in [0, 0.05) is 13.0 Å². The van der Waals surface area contributed by atoms with E-state index < -0.39 is 10.0 Å². The number of amides is 1. The highest BCUT2D eigenvalue weighted by Crippen LogP contribution is 2.18. The second-order valence-corrected chi connectivity index (χ2v) is 8.25. The van der Waals surface area contributed by atoms with Crippen LogP contribution in [0.5, 0.6) is 5.75 Å². The summed E-state index contributed by atoms with van der Waals surface area (Å²) in [5.41, 5.74) is 0.948. The first-order chi connectivity index (χ1) is 12.8. The van der Waals surface area contributed by atoms with Crippen LogP contribution in [0.2, 0.25) is 0 Å². The number of carbonyl (C=O) groups excluding carboxylic acids is 1. The lowest BCUT2D eigenvalue weighted by atomic mass is 10.1. The molecule has 0 radical (unpaired) electrons. The molecule has 146 valence electrons. The van der Waals surface area contributed by atoms with Gasteiger partial charge in [-0.2, -0.15) is 0 Å². The highest BCUT2D eigenvalue weighted by atomic mass is 32.2. The maximum absolute atomic E-state index is 12.1. The molecule has 0 aliphatic carbocycles. The Morgan fingerprint density at radius 3 is 2.22 bits per heavy atom. The van der Waals surface area contributed by atoms with Crippen molar-refractivity contribution < 1.29 is 17.9 Å². The number of hydrogen-bond donors (Lipinski definition) is 2. The molecule has 0 saturated carbocycles. The Morgan fingerprint density at radius 1 is 1.00 bits per heavy atom. The minimum atomic E-state index is -3.60. The predicted molar refractivity (Wildman–Crippen MR) is 105 cm³/mol. The van der Waals surface area contributed by atoms with Gasteiger partial charge in [-0.1, -0.05) is 30.3 Å². The van der Waals surface area contributed by atoms with Crippen molar-refractivity contribution in [1.29, 1.82) is 0 Å². The van der Waals surface area contributed by atoms with Crippen LogP contribution >= 0.6 is 0 Å². The molecule has 1 amide bonds. The molecule has 0 aliphatic heterocycles. The van der Waals surface area contributed by atoms with Crippen LogP contribution in [0.15, 0.2) is 59.5 Å². The van der Waals surface area contributed by atoms with E-state index in [1.807, 2.05) is 45.0 Å². The van der Waals surface area contributed by atoms with E-state index in [1.165, 1.54) is 12.1 Å². The topological polar surface area (TPSA) is 84.5 Å². The summed E-state index contributed by atoms with van der Waals surface area (Å²) >= 11 is 0. The van der Waals surface area contributed by atoms with Crippen molar-refractivity contribution in [1.82, 2.24) is 10.0 Å². The van der Waals surface area contributed by atoms with Gasteiger partial charge in [-0.25, -0.2) is 13.1 Å². The molecular weight excluding hydrogens is 364 g/mol. The number of ether oxygens (including phenoxy) is 1. The van der Waals surface area contributed by atoms with Gasteiger partial charge in [0.25, 0.3) is 0 Å². The molecule has 7 heteroatoms. The molecule has 6 nitrogen and oxygen atoms in total. The molecule has 0 aromatic heterocycles. The number of carbonyl (C=O) groups is 1. The summed E-state index contributed by atoms with van der Waals surface area (Å²) in [7, 11) is -3.60. The lowest BCUT2D eigenvalue weighted by Gasteiger charge is -2.16. The third-order valence-electron chi connectivity index (χ3n) is 3.83. The first kappa shape index (κ1) is 20.9. The van der Waals surface area contributed by atoms with Crippen molar-refractivity contribution in [3.63, 3.8) is 0 Å². The molecule has 0 aliphatic rings. The summed E-state index contributed by atoms with van der Waals surface area (Å²) in [4.78, 5) is 12.3. The van der Waals surface area contributed by atoms with Crippen LogP contribution in [0, 0.1) is 0 Å². The van der Waals surface area contributed by atoms with Crippen molar-refractivity contribution >= 4 is 15.9 Å². The zero-order valence-corrected chi connectivity index (χ0v) is 16.6. The maximum atomic E-state index is 12.1. The maximum Gasteiger partial charge on any atom is 0.240 e. The molecule has 2 rings (SSSR count). The van der Waals surface area contributed by atoms with Crippen LogP contribution in [0.4, 0.5) is 0 Å². The highest BCUT2D eigenvalue weighted by Gasteiger charge is 2.14. The van der Waals surface area contributed by atoms with Crippen molar-refractivity contribution in [2.45, 2.75) is 44.2 Å². The van der Waals surface area contributed by atoms with Crippen molar-refractivity contribution in [3.05, 3.63) is 60.2 Å². The quantitative estimate of drug-likeness (QED) is 0.689. The Kier molecular flexibility index (Phi) is 7.38. The molecule has 1 atom stereocenters. The minimum Gasteiger partial charge on any atom is -0.491 e. The van der Waals surface area contributed by atoms with Crippen molar-refractivity contribution in [2.24, 2.45) is 0 Å². The normalized spacial score (nSPS) is 12.6. The zero-order valence-electron chi connectivity index (χ0n) is 15.8. The van der Waals surface area contributed by atoms with Crippen molar-refractivity contribution in [3.8, 4) is 5.75 Å². The van der Waals surface area contributed by atoms with Gasteiger partial charge < -0.3 is 10.1 Å². The van der Waals surface area contributed by atoms with Crippen molar-refractivity contribution in [2.75, 3.05) is 6.54 Å². The lowest BCUT2D eigenvalue weighted by molar-refractivity contribution is -0.121. The first-order valence-corrected chi connectivity index (χ1v) is 10.4. The minimum absolute atomic E-state index is 0.0386. The molecule has 2 N–H and O–H groups in total. The number of rotatable bonds is 9. The third-order valence-corrected chi connectivity index (χ3v) is 5.30. The van der Waals surface area contributed by atoms with Gasteiger partial charge >= 0.3 is 0 Å². The summed E-state index contributed by atoms with van der Waals surface area (Å²) in [6.45, 7) is 5.84. The fourth-order valence-corrected chi connectivity index (χ4v) is 3.54. The number of sulfonamides is 1. The smallest absolute Gasteiger partial charge is 0.240 e. The van der Waals surface area contributed by atoms with Gasteiger partial charge in [-0.15, -0.1) is 0 Å². The van der Waals surface area contributed by atoms with Crippen LogP contribution in [-0.2, 0) is 14.8 Å². The van der Waals surface area contributed by atoms with Gasteiger partial charge in [0.2, 0.25) is 15.9 Å². The summed E-state index contributed by atoms with van der Waals surface area (Å²) in [5.74, 6) is 0.559. The van der Waals surface area contributed by atoms with E-state index in [2.05, 4.69) is 10.0 Å². The van der Waals surface area contributed by atoms with Gasteiger partial charge in [-0.05, 0) is 50.6 Å². The monoisotopic (exact) mass is 390 g/mol. The molecular formula is C20H26N2O4S. The Balaban J connectivity index is 1.81. The molecule has 0 fully saturated rings. The Bertz CT molecular complexity index is 834. The highest BCUT2D eigenvalue weighted by molar-refractivity contribution is 7.89. The Hall–Kier alpha value is -2.38. The second-order valence-electron chi connectivity index (χ2n) is 6.49. The Labute approximate surface area is 161 Å². The van der Waals surface area contributed by atoms with E-state index in [0.717, 1.165) is 11.3 Å². The van der Waals surface area contributed by atoms with E-state index in [9.17, 15) is 13.2 Å². The summed E-state index contributed by atoms with van der Waals surface area (Å²) < 4.78 is 32.3. The largest absolute Gasteiger partial charge is 0.491 e. The van der Waals surface area contributed by atoms with Crippen LogP contribution in [0.1, 0.15) is 38.8 Å². The Morgan fingerprint density at radius 2 is 1.63 bits per heavy atom. The molecule has 0 heterocycles. The fourth-order valence-electron chi connectivity index (χ4n) is 2.49. The van der Waals surface area contributed by atoms with Gasteiger partial charge in [0.15, 0.2) is 0 Å². The molecule has 0 bridgehead atoms. The van der Waals surface area contributed by atoms with Gasteiger partial charge in [0.05, 0.1) is 17.0 Å². The number of nitrogens with one attached hydrogen (secondary N) is 2. The summed E-state index contributed by atoms with van der Waals surface area (Å²) in [6.07, 6.45) is 0.165. The standard InChI is InChI=1S/C20H26N2O4S/c1-15(2)26-18-11-9-17(10-12-18)16(3)22-20(23)13-14-21-27(24,25)19-7-5-4-6-8-19/h4-12,15-16,21H,13-14H2,1-3H3,(H,22,23). The second kappa shape index (κ2) is 9.53. The van der Waals surface area contributed by atoms with Crippen LogP contribution in [0.3, 0.4) is 0 Å². The van der Waals surface area contributed by atoms with E-state index >= 15 is 0 Å². The van der Waals surface area contributed by atoms with E-state index in [-0.39, 0.29) is 35.9 Å². The third kappa shape index (κ3) is 6.69. The number of hydrogen-bond acceptors (Lipinski definition) is 4.